The molecule has 4 rings (SSSR count). The van der Waals surface area contributed by atoms with Gasteiger partial charge in [-0.1, -0.05) is 41.9 Å². The first-order valence-electron chi connectivity index (χ1n) is 8.96. The van der Waals surface area contributed by atoms with E-state index in [1.165, 1.54) is 19.3 Å². The highest BCUT2D eigenvalue weighted by atomic mass is 35.5. The molecule has 25 heavy (non-hydrogen) atoms. The van der Waals surface area contributed by atoms with E-state index in [2.05, 4.69) is 29.6 Å². The van der Waals surface area contributed by atoms with Gasteiger partial charge in [0.15, 0.2) is 0 Å². The Morgan fingerprint density at radius 1 is 1.04 bits per heavy atom. The van der Waals surface area contributed by atoms with Crippen LogP contribution in [0, 0.1) is 5.92 Å². The van der Waals surface area contributed by atoms with Gasteiger partial charge in [-0.05, 0) is 61.8 Å². The Bertz CT molecular complexity index is 701. The maximum atomic E-state index is 11.6. The lowest BCUT2D eigenvalue weighted by molar-refractivity contribution is -0.126. The van der Waals surface area contributed by atoms with Crippen molar-refractivity contribution < 1.29 is 9.90 Å². The Morgan fingerprint density at radius 3 is 2.40 bits per heavy atom. The van der Waals surface area contributed by atoms with Gasteiger partial charge in [-0.15, -0.1) is 0 Å². The van der Waals surface area contributed by atoms with Gasteiger partial charge < -0.3 is 10.4 Å². The number of phenolic OH excluding ortho intramolecular Hbond substituents is 1. The molecule has 4 heteroatoms. The lowest BCUT2D eigenvalue weighted by Gasteiger charge is -2.22. The van der Waals surface area contributed by atoms with Crippen molar-refractivity contribution in [1.82, 2.24) is 5.32 Å². The van der Waals surface area contributed by atoms with Gasteiger partial charge in [0, 0.05) is 23.0 Å². The molecule has 0 saturated carbocycles. The summed E-state index contributed by atoms with van der Waals surface area (Å²) >= 11 is 6.00. The minimum atomic E-state index is -0.0699. The van der Waals surface area contributed by atoms with E-state index in [9.17, 15) is 9.90 Å². The highest BCUT2D eigenvalue weighted by Gasteiger charge is 2.24. The third-order valence-electron chi connectivity index (χ3n) is 4.95. The zero-order chi connectivity index (χ0) is 17.6. The van der Waals surface area contributed by atoms with Gasteiger partial charge in [0.2, 0.25) is 5.91 Å². The summed E-state index contributed by atoms with van der Waals surface area (Å²) in [7, 11) is 0. The predicted octanol–water partition coefficient (Wildman–Crippen LogP) is 4.29. The standard InChI is InChI=1S/C12H14ClNO2.C9H10/c13-10-4-1-5-11(15)9(10)7-8-3-2-6-14-12(8)16;1-2-5-9-7-3-6-8(9)4-1/h1,4-5,8,15H,2-3,6-7H2,(H,14,16);1-2,4-5H,3,6-7H2. The van der Waals surface area contributed by atoms with Crippen LogP contribution in [-0.4, -0.2) is 17.6 Å². The summed E-state index contributed by atoms with van der Waals surface area (Å²) in [5, 5.41) is 13.0. The van der Waals surface area contributed by atoms with Crippen molar-refractivity contribution >= 4 is 17.5 Å². The van der Waals surface area contributed by atoms with E-state index in [1.54, 1.807) is 29.3 Å². The quantitative estimate of drug-likeness (QED) is 0.842. The number of nitrogens with one attached hydrogen (secondary N) is 1. The van der Waals surface area contributed by atoms with Gasteiger partial charge in [0.1, 0.15) is 5.75 Å². The minimum absolute atomic E-state index is 0.0607. The van der Waals surface area contributed by atoms with Crippen LogP contribution in [0.5, 0.6) is 5.75 Å². The second-order valence-corrected chi connectivity index (χ2v) is 7.10. The number of aryl methyl sites for hydroxylation is 2. The number of piperidine rings is 1. The molecular formula is C21H24ClNO2. The second-order valence-electron chi connectivity index (χ2n) is 6.69. The number of amides is 1. The number of rotatable bonds is 2. The number of fused-ring (bicyclic) bond motifs is 1. The second kappa shape index (κ2) is 8.39. The third kappa shape index (κ3) is 4.55. The lowest BCUT2D eigenvalue weighted by atomic mass is 9.91. The van der Waals surface area contributed by atoms with Crippen molar-refractivity contribution in [3.63, 3.8) is 0 Å². The summed E-state index contributed by atoms with van der Waals surface area (Å²) in [4.78, 5) is 11.6. The molecule has 1 atom stereocenters. The fourth-order valence-electron chi connectivity index (χ4n) is 3.54. The fraction of sp³-hybridized carbons (Fsp3) is 0.381. The van der Waals surface area contributed by atoms with Crippen LogP contribution in [0.25, 0.3) is 0 Å². The number of halogens is 1. The van der Waals surface area contributed by atoms with Crippen molar-refractivity contribution in [2.45, 2.75) is 38.5 Å². The van der Waals surface area contributed by atoms with Gasteiger partial charge in [-0.2, -0.15) is 0 Å². The number of phenols is 1. The molecule has 1 amide bonds. The normalized spacial score (nSPS) is 18.8. The average Bonchev–Trinajstić information content (AvgIpc) is 3.09. The van der Waals surface area contributed by atoms with Crippen molar-refractivity contribution in [3.05, 3.63) is 64.2 Å². The summed E-state index contributed by atoms with van der Waals surface area (Å²) in [5.41, 5.74) is 3.81. The first-order valence-corrected chi connectivity index (χ1v) is 9.34. The van der Waals surface area contributed by atoms with E-state index < -0.39 is 0 Å². The molecule has 0 radical (unpaired) electrons. The van der Waals surface area contributed by atoms with E-state index >= 15 is 0 Å². The molecular weight excluding hydrogens is 334 g/mol. The Labute approximate surface area is 154 Å². The number of benzene rings is 2. The highest BCUT2D eigenvalue weighted by Crippen LogP contribution is 2.29. The molecule has 1 heterocycles. The molecule has 2 aliphatic rings. The molecule has 2 aromatic carbocycles. The number of aromatic hydroxyl groups is 1. The molecule has 3 nitrogen and oxygen atoms in total. The maximum absolute atomic E-state index is 11.6. The Morgan fingerprint density at radius 2 is 1.76 bits per heavy atom. The molecule has 0 spiro atoms. The van der Waals surface area contributed by atoms with Crippen LogP contribution >= 0.6 is 11.6 Å². The van der Waals surface area contributed by atoms with E-state index in [1.807, 2.05) is 0 Å². The number of carbonyl (C=O) groups excluding carboxylic acids is 1. The average molecular weight is 358 g/mol. The summed E-state index contributed by atoms with van der Waals surface area (Å²) in [5.74, 6) is 0.163. The SMILES string of the molecule is O=C1NCCCC1Cc1c(O)cccc1Cl.c1ccc2c(c1)CCC2. The summed E-state index contributed by atoms with van der Waals surface area (Å²) < 4.78 is 0. The molecule has 2 N–H and O–H groups in total. The molecule has 132 valence electrons. The maximum Gasteiger partial charge on any atom is 0.223 e. The van der Waals surface area contributed by atoms with Crippen molar-refractivity contribution in [1.29, 1.82) is 0 Å². The van der Waals surface area contributed by atoms with Crippen molar-refractivity contribution in [2.75, 3.05) is 6.54 Å². The molecule has 1 aliphatic carbocycles. The zero-order valence-electron chi connectivity index (χ0n) is 14.3. The van der Waals surface area contributed by atoms with Gasteiger partial charge in [0.25, 0.3) is 0 Å². The van der Waals surface area contributed by atoms with Crippen LogP contribution in [0.2, 0.25) is 5.02 Å². The molecule has 1 fully saturated rings. The van der Waals surface area contributed by atoms with Gasteiger partial charge in [0.05, 0.1) is 0 Å². The Hall–Kier alpha value is -2.00. The molecule has 2 aromatic rings. The smallest absolute Gasteiger partial charge is 0.223 e. The minimum Gasteiger partial charge on any atom is -0.508 e. The fourth-order valence-corrected chi connectivity index (χ4v) is 3.79. The van der Waals surface area contributed by atoms with Crippen LogP contribution in [0.15, 0.2) is 42.5 Å². The predicted molar refractivity (Wildman–Crippen MR) is 101 cm³/mol. The number of carbonyl (C=O) groups is 1. The number of hydrogen-bond donors (Lipinski definition) is 2. The monoisotopic (exact) mass is 357 g/mol. The van der Waals surface area contributed by atoms with Crippen molar-refractivity contribution in [3.8, 4) is 5.75 Å². The molecule has 1 saturated heterocycles. The first-order chi connectivity index (χ1) is 12.1. The first kappa shape index (κ1) is 17.8. The van der Waals surface area contributed by atoms with Crippen LogP contribution in [0.3, 0.4) is 0 Å². The van der Waals surface area contributed by atoms with Crippen LogP contribution in [0.4, 0.5) is 0 Å². The molecule has 0 bridgehead atoms. The largest absolute Gasteiger partial charge is 0.508 e. The zero-order valence-corrected chi connectivity index (χ0v) is 15.1. The Balaban J connectivity index is 0.000000170. The van der Waals surface area contributed by atoms with E-state index in [-0.39, 0.29) is 17.6 Å². The third-order valence-corrected chi connectivity index (χ3v) is 5.31. The summed E-state index contributed by atoms with van der Waals surface area (Å²) in [6, 6.07) is 13.8. The molecule has 0 aromatic heterocycles. The van der Waals surface area contributed by atoms with E-state index in [0.717, 1.165) is 19.4 Å². The summed E-state index contributed by atoms with van der Waals surface area (Å²) in [6.45, 7) is 0.754. The van der Waals surface area contributed by atoms with E-state index in [0.29, 0.717) is 17.0 Å². The van der Waals surface area contributed by atoms with Crippen LogP contribution < -0.4 is 5.32 Å². The highest BCUT2D eigenvalue weighted by molar-refractivity contribution is 6.31. The number of hydrogen-bond acceptors (Lipinski definition) is 2. The van der Waals surface area contributed by atoms with Crippen LogP contribution in [-0.2, 0) is 24.1 Å². The lowest BCUT2D eigenvalue weighted by Crippen LogP contribution is -2.37. The molecule has 1 aliphatic heterocycles. The van der Waals surface area contributed by atoms with E-state index in [4.69, 9.17) is 11.6 Å². The van der Waals surface area contributed by atoms with Gasteiger partial charge in [-0.25, -0.2) is 0 Å². The summed E-state index contributed by atoms with van der Waals surface area (Å²) in [6.07, 6.45) is 6.32. The van der Waals surface area contributed by atoms with Crippen molar-refractivity contribution in [2.24, 2.45) is 5.92 Å². The molecule has 1 unspecified atom stereocenters. The Kier molecular flexibility index (Phi) is 5.98. The van der Waals surface area contributed by atoms with Gasteiger partial charge >= 0.3 is 0 Å². The topological polar surface area (TPSA) is 49.3 Å². The van der Waals surface area contributed by atoms with Crippen LogP contribution in [0.1, 0.15) is 36.0 Å². The van der Waals surface area contributed by atoms with Gasteiger partial charge in [-0.3, -0.25) is 4.79 Å².